The van der Waals surface area contributed by atoms with Crippen molar-refractivity contribution in [1.29, 1.82) is 0 Å². The lowest BCUT2D eigenvalue weighted by Gasteiger charge is -2.13. The van der Waals surface area contributed by atoms with Crippen molar-refractivity contribution in [2.24, 2.45) is 0 Å². The zero-order chi connectivity index (χ0) is 20.2. The van der Waals surface area contributed by atoms with Gasteiger partial charge in [-0.15, -0.1) is 0 Å². The number of nitrogens with zero attached hydrogens (tertiary/aromatic N) is 1. The van der Waals surface area contributed by atoms with Gasteiger partial charge in [0.25, 0.3) is 0 Å². The monoisotopic (exact) mass is 381 g/mol. The highest BCUT2D eigenvalue weighted by atomic mass is 16.5. The Morgan fingerprint density at radius 3 is 1.86 bits per heavy atom. The molecule has 0 aliphatic carbocycles. The van der Waals surface area contributed by atoms with E-state index in [0.29, 0.717) is 12.2 Å². The number of benzene rings is 3. The molecule has 144 valence electrons. The maximum atomic E-state index is 13.2. The molecule has 0 aliphatic heterocycles. The SMILES string of the molecule is CCOC(=O)c1c(-c2ccccc2)c(C)n(-c2ccccc2)c1-c1ccccc1. The quantitative estimate of drug-likeness (QED) is 0.380. The maximum absolute atomic E-state index is 13.2. The van der Waals surface area contributed by atoms with E-state index in [4.69, 9.17) is 4.74 Å². The average Bonchev–Trinajstić information content (AvgIpc) is 3.09. The lowest BCUT2D eigenvalue weighted by molar-refractivity contribution is 0.0528. The van der Waals surface area contributed by atoms with Gasteiger partial charge in [0.2, 0.25) is 0 Å². The van der Waals surface area contributed by atoms with Gasteiger partial charge in [-0.1, -0.05) is 78.9 Å². The highest BCUT2D eigenvalue weighted by molar-refractivity contribution is 6.05. The predicted octanol–water partition coefficient (Wildman–Crippen LogP) is 6.30. The van der Waals surface area contributed by atoms with Gasteiger partial charge in [-0.2, -0.15) is 0 Å². The van der Waals surface area contributed by atoms with E-state index in [1.807, 2.05) is 85.8 Å². The third-order valence-electron chi connectivity index (χ3n) is 5.01. The molecule has 1 heterocycles. The van der Waals surface area contributed by atoms with Gasteiger partial charge in [-0.3, -0.25) is 0 Å². The van der Waals surface area contributed by atoms with Crippen molar-refractivity contribution in [2.75, 3.05) is 6.61 Å². The summed E-state index contributed by atoms with van der Waals surface area (Å²) in [5, 5.41) is 0. The first-order chi connectivity index (χ1) is 14.2. The molecule has 0 bridgehead atoms. The first-order valence-electron chi connectivity index (χ1n) is 9.81. The Labute approximate surface area is 171 Å². The number of carbonyl (C=O) groups is 1. The van der Waals surface area contributed by atoms with Crippen LogP contribution in [0.15, 0.2) is 91.0 Å². The van der Waals surface area contributed by atoms with Crippen molar-refractivity contribution in [1.82, 2.24) is 4.57 Å². The molecular weight excluding hydrogens is 358 g/mol. The number of hydrogen-bond acceptors (Lipinski definition) is 2. The third kappa shape index (κ3) is 3.47. The molecule has 3 nitrogen and oxygen atoms in total. The summed E-state index contributed by atoms with van der Waals surface area (Å²) in [5.41, 5.74) is 6.36. The van der Waals surface area contributed by atoms with Crippen LogP contribution in [0.25, 0.3) is 28.1 Å². The van der Waals surface area contributed by atoms with E-state index < -0.39 is 0 Å². The molecule has 0 saturated heterocycles. The summed E-state index contributed by atoms with van der Waals surface area (Å²) in [4.78, 5) is 13.2. The fourth-order valence-corrected chi connectivity index (χ4v) is 3.82. The lowest BCUT2D eigenvalue weighted by Crippen LogP contribution is -2.08. The van der Waals surface area contributed by atoms with Crippen LogP contribution in [0.2, 0.25) is 0 Å². The van der Waals surface area contributed by atoms with E-state index >= 15 is 0 Å². The minimum absolute atomic E-state index is 0.303. The Balaban J connectivity index is 2.12. The van der Waals surface area contributed by atoms with E-state index in [-0.39, 0.29) is 5.97 Å². The zero-order valence-corrected chi connectivity index (χ0v) is 16.6. The van der Waals surface area contributed by atoms with E-state index in [2.05, 4.69) is 23.6 Å². The van der Waals surface area contributed by atoms with Crippen LogP contribution >= 0.6 is 0 Å². The van der Waals surface area contributed by atoms with Crippen LogP contribution in [0.4, 0.5) is 0 Å². The standard InChI is InChI=1S/C26H23NO2/c1-3-29-26(28)24-23(20-13-7-4-8-14-20)19(2)27(22-17-11-6-12-18-22)25(24)21-15-9-5-10-16-21/h4-18H,3H2,1-2H3. The maximum Gasteiger partial charge on any atom is 0.340 e. The van der Waals surface area contributed by atoms with Gasteiger partial charge in [0.1, 0.15) is 0 Å². The average molecular weight is 381 g/mol. The van der Waals surface area contributed by atoms with Crippen LogP contribution in [-0.4, -0.2) is 17.1 Å². The second kappa shape index (κ2) is 8.19. The minimum atomic E-state index is -0.303. The second-order valence-corrected chi connectivity index (χ2v) is 6.81. The first kappa shape index (κ1) is 18.8. The number of esters is 1. The molecule has 0 spiro atoms. The van der Waals surface area contributed by atoms with Gasteiger partial charge in [-0.25, -0.2) is 4.79 Å². The van der Waals surface area contributed by atoms with Gasteiger partial charge < -0.3 is 9.30 Å². The van der Waals surface area contributed by atoms with Gasteiger partial charge in [0.05, 0.1) is 17.9 Å². The number of carbonyl (C=O) groups excluding carboxylic acids is 1. The topological polar surface area (TPSA) is 31.2 Å². The summed E-state index contributed by atoms with van der Waals surface area (Å²) < 4.78 is 7.66. The van der Waals surface area contributed by atoms with Crippen LogP contribution in [0.1, 0.15) is 23.0 Å². The molecule has 3 heteroatoms. The highest BCUT2D eigenvalue weighted by Gasteiger charge is 2.28. The van der Waals surface area contributed by atoms with E-state index in [1.165, 1.54) is 0 Å². The molecule has 0 unspecified atom stereocenters. The fraction of sp³-hybridized carbons (Fsp3) is 0.115. The predicted molar refractivity (Wildman–Crippen MR) is 117 cm³/mol. The van der Waals surface area contributed by atoms with Crippen molar-refractivity contribution >= 4 is 5.97 Å². The summed E-state index contributed by atoms with van der Waals surface area (Å²) in [6, 6.07) is 30.2. The number of rotatable bonds is 5. The number of aromatic nitrogens is 1. The first-order valence-corrected chi connectivity index (χ1v) is 9.81. The van der Waals surface area contributed by atoms with Crippen molar-refractivity contribution in [3.63, 3.8) is 0 Å². The second-order valence-electron chi connectivity index (χ2n) is 6.81. The van der Waals surface area contributed by atoms with Crippen molar-refractivity contribution in [2.45, 2.75) is 13.8 Å². The summed E-state index contributed by atoms with van der Waals surface area (Å²) in [5.74, 6) is -0.303. The third-order valence-corrected chi connectivity index (χ3v) is 5.01. The smallest absolute Gasteiger partial charge is 0.340 e. The zero-order valence-electron chi connectivity index (χ0n) is 16.6. The molecule has 0 aliphatic rings. The molecule has 0 atom stereocenters. The highest BCUT2D eigenvalue weighted by Crippen LogP contribution is 2.40. The van der Waals surface area contributed by atoms with Crippen LogP contribution < -0.4 is 0 Å². The number of para-hydroxylation sites is 1. The molecule has 0 saturated carbocycles. The van der Waals surface area contributed by atoms with Crippen molar-refractivity contribution in [3.8, 4) is 28.1 Å². The van der Waals surface area contributed by atoms with E-state index in [9.17, 15) is 4.79 Å². The van der Waals surface area contributed by atoms with Gasteiger partial charge in [-0.05, 0) is 37.1 Å². The fourth-order valence-electron chi connectivity index (χ4n) is 3.82. The van der Waals surface area contributed by atoms with Crippen molar-refractivity contribution < 1.29 is 9.53 Å². The Morgan fingerprint density at radius 1 is 0.793 bits per heavy atom. The van der Waals surface area contributed by atoms with Crippen LogP contribution in [-0.2, 0) is 4.74 Å². The minimum Gasteiger partial charge on any atom is -0.462 e. The summed E-state index contributed by atoms with van der Waals surface area (Å²) in [6.07, 6.45) is 0. The molecule has 0 radical (unpaired) electrons. The van der Waals surface area contributed by atoms with E-state index in [0.717, 1.165) is 33.8 Å². The van der Waals surface area contributed by atoms with E-state index in [1.54, 1.807) is 0 Å². The largest absolute Gasteiger partial charge is 0.462 e. The number of hydrogen-bond donors (Lipinski definition) is 0. The Kier molecular flexibility index (Phi) is 5.30. The molecule has 3 aromatic carbocycles. The molecule has 0 amide bonds. The van der Waals surface area contributed by atoms with Gasteiger partial charge in [0.15, 0.2) is 0 Å². The molecule has 0 fully saturated rings. The van der Waals surface area contributed by atoms with Crippen molar-refractivity contribution in [3.05, 3.63) is 102 Å². The van der Waals surface area contributed by atoms with Crippen LogP contribution in [0.5, 0.6) is 0 Å². The molecule has 4 rings (SSSR count). The Bertz CT molecular complexity index is 1110. The van der Waals surface area contributed by atoms with Crippen LogP contribution in [0.3, 0.4) is 0 Å². The summed E-state index contributed by atoms with van der Waals surface area (Å²) in [6.45, 7) is 4.23. The Hall–Kier alpha value is -3.59. The number of ether oxygens (including phenoxy) is 1. The Morgan fingerprint density at radius 2 is 1.31 bits per heavy atom. The molecule has 0 N–H and O–H groups in total. The summed E-state index contributed by atoms with van der Waals surface area (Å²) in [7, 11) is 0. The van der Waals surface area contributed by atoms with Crippen LogP contribution in [0, 0.1) is 6.92 Å². The summed E-state index contributed by atoms with van der Waals surface area (Å²) >= 11 is 0. The van der Waals surface area contributed by atoms with Gasteiger partial charge >= 0.3 is 5.97 Å². The molecular formula is C26H23NO2. The molecule has 4 aromatic rings. The lowest BCUT2D eigenvalue weighted by atomic mass is 9.98. The molecule has 29 heavy (non-hydrogen) atoms. The molecule has 1 aromatic heterocycles. The normalized spacial score (nSPS) is 10.7. The van der Waals surface area contributed by atoms with Gasteiger partial charge in [0, 0.05) is 16.9 Å².